The molecule has 2 aromatic heterocycles. The standard InChI is InChI=1S/C26H33FN7O7P/c1-7-26(27)20(35)18(40-24(26)34-14-29-19-21(33(5)6)30-25(28)31-22(19)34)13-38-42(37,41-17-11-9-8-10-12-17)32-16(4)23(36)39-15(2)3/h1,8-12,14-16,18,20,24,35H,13H2,2-6H3,(H,32,37)(H2,28,30,31)/t16-,18-,20-,24-,26-,42+/m1/s1. The SMILES string of the molecule is C#C[C@@]1(F)[C@H](O)[C@@H](CO[P@@](=O)(N[C@H](C)C(=O)OC(C)C)Oc2ccccc2)O[C@H]1n1cnc2c(N(C)C)nc(N)nc21. The van der Waals surface area contributed by atoms with Crippen molar-refractivity contribution < 1.29 is 37.4 Å². The summed E-state index contributed by atoms with van der Waals surface area (Å²) in [6, 6.07) is 6.93. The van der Waals surface area contributed by atoms with Crippen LogP contribution in [0, 0.1) is 12.3 Å². The number of aliphatic hydroxyl groups is 1. The third kappa shape index (κ3) is 6.33. The van der Waals surface area contributed by atoms with Gasteiger partial charge >= 0.3 is 13.7 Å². The molecule has 1 aromatic carbocycles. The minimum atomic E-state index is -4.34. The fourth-order valence-corrected chi connectivity index (χ4v) is 5.72. The molecule has 3 aromatic rings. The smallest absolute Gasteiger partial charge is 0.459 e. The Labute approximate surface area is 241 Å². The average molecular weight is 606 g/mol. The van der Waals surface area contributed by atoms with Crippen LogP contribution in [0.1, 0.15) is 27.0 Å². The van der Waals surface area contributed by atoms with Crippen molar-refractivity contribution in [2.75, 3.05) is 31.3 Å². The van der Waals surface area contributed by atoms with E-state index >= 15 is 4.39 Å². The Hall–Kier alpha value is -3.80. The van der Waals surface area contributed by atoms with E-state index < -0.39 is 56.6 Å². The molecule has 0 saturated carbocycles. The maximum Gasteiger partial charge on any atom is 0.459 e. The summed E-state index contributed by atoms with van der Waals surface area (Å²) in [6.07, 6.45) is 1.36. The monoisotopic (exact) mass is 605 g/mol. The molecule has 1 saturated heterocycles. The molecule has 1 aliphatic rings. The van der Waals surface area contributed by atoms with Crippen LogP contribution in [0.5, 0.6) is 5.75 Å². The summed E-state index contributed by atoms with van der Waals surface area (Å²) in [4.78, 5) is 26.7. The lowest BCUT2D eigenvalue weighted by molar-refractivity contribution is -0.149. The first kappa shape index (κ1) is 31.1. The van der Waals surface area contributed by atoms with Crippen LogP contribution >= 0.6 is 7.75 Å². The van der Waals surface area contributed by atoms with Crippen molar-refractivity contribution in [1.82, 2.24) is 24.6 Å². The Bertz CT molecular complexity index is 1520. The Morgan fingerprint density at radius 1 is 1.33 bits per heavy atom. The molecule has 1 aliphatic heterocycles. The zero-order valence-corrected chi connectivity index (χ0v) is 24.6. The molecule has 0 bridgehead atoms. The Morgan fingerprint density at radius 2 is 2.02 bits per heavy atom. The second-order valence-electron chi connectivity index (χ2n) is 10.0. The summed E-state index contributed by atoms with van der Waals surface area (Å²) in [5, 5.41) is 13.5. The highest BCUT2D eigenvalue weighted by Crippen LogP contribution is 2.48. The summed E-state index contributed by atoms with van der Waals surface area (Å²) in [5.74, 6) is 1.69. The number of fused-ring (bicyclic) bond motifs is 1. The molecule has 226 valence electrons. The number of nitrogen functional groups attached to an aromatic ring is 1. The molecule has 0 radical (unpaired) electrons. The van der Waals surface area contributed by atoms with E-state index in [2.05, 4.69) is 20.0 Å². The van der Waals surface area contributed by atoms with Gasteiger partial charge in [0.2, 0.25) is 11.6 Å². The van der Waals surface area contributed by atoms with Gasteiger partial charge in [0, 0.05) is 14.1 Å². The Kier molecular flexibility index (Phi) is 9.05. The predicted molar refractivity (Wildman–Crippen MR) is 151 cm³/mol. The molecule has 4 rings (SSSR count). The highest BCUT2D eigenvalue weighted by Gasteiger charge is 2.58. The normalized spacial score (nSPS) is 24.2. The number of benzene rings is 1. The van der Waals surface area contributed by atoms with Crippen molar-refractivity contribution in [3.63, 3.8) is 0 Å². The van der Waals surface area contributed by atoms with E-state index in [1.807, 2.05) is 5.92 Å². The number of anilines is 2. The third-order valence-corrected chi connectivity index (χ3v) is 7.84. The number of para-hydroxylation sites is 1. The second-order valence-corrected chi connectivity index (χ2v) is 11.7. The molecule has 1 fully saturated rings. The van der Waals surface area contributed by atoms with E-state index in [0.717, 1.165) is 0 Å². The minimum absolute atomic E-state index is 0.105. The lowest BCUT2D eigenvalue weighted by Crippen LogP contribution is -2.42. The molecule has 4 N–H and O–H groups in total. The number of nitrogens with zero attached hydrogens (tertiary/aromatic N) is 5. The van der Waals surface area contributed by atoms with Gasteiger partial charge < -0.3 is 29.7 Å². The molecule has 14 nitrogen and oxygen atoms in total. The number of aliphatic hydroxyl groups excluding tert-OH is 1. The van der Waals surface area contributed by atoms with Gasteiger partial charge in [0.25, 0.3) is 0 Å². The molecule has 0 aliphatic carbocycles. The van der Waals surface area contributed by atoms with Crippen LogP contribution in [-0.4, -0.2) is 81.3 Å². The number of halogens is 1. The molecule has 0 unspecified atom stereocenters. The average Bonchev–Trinajstić information content (AvgIpc) is 3.45. The number of hydrogen-bond acceptors (Lipinski definition) is 12. The molecule has 16 heteroatoms. The van der Waals surface area contributed by atoms with Gasteiger partial charge in [-0.15, -0.1) is 6.42 Å². The van der Waals surface area contributed by atoms with E-state index in [4.69, 9.17) is 30.7 Å². The van der Waals surface area contributed by atoms with Crippen molar-refractivity contribution in [2.45, 2.75) is 57.0 Å². The third-order valence-electron chi connectivity index (χ3n) is 6.20. The number of nitrogens with one attached hydrogen (secondary N) is 1. The predicted octanol–water partition coefficient (Wildman–Crippen LogP) is 2.21. The lowest BCUT2D eigenvalue weighted by Gasteiger charge is -2.25. The number of aromatic nitrogens is 4. The van der Waals surface area contributed by atoms with Gasteiger partial charge in [0.05, 0.1) is 19.0 Å². The first-order chi connectivity index (χ1) is 19.8. The van der Waals surface area contributed by atoms with Crippen molar-refractivity contribution in [2.24, 2.45) is 0 Å². The fourth-order valence-electron chi connectivity index (χ4n) is 4.22. The summed E-state index contributed by atoms with van der Waals surface area (Å²) in [6.45, 7) is 4.09. The number of hydrogen-bond donors (Lipinski definition) is 3. The number of ether oxygens (including phenoxy) is 2. The van der Waals surface area contributed by atoms with Crippen LogP contribution in [0.3, 0.4) is 0 Å². The molecule has 6 atom stereocenters. The van der Waals surface area contributed by atoms with E-state index in [1.54, 1.807) is 51.0 Å². The van der Waals surface area contributed by atoms with Crippen LogP contribution in [0.2, 0.25) is 0 Å². The van der Waals surface area contributed by atoms with Crippen molar-refractivity contribution in [1.29, 1.82) is 0 Å². The number of carbonyl (C=O) groups is 1. The highest BCUT2D eigenvalue weighted by atomic mass is 31.2. The van der Waals surface area contributed by atoms with Crippen LogP contribution in [-0.2, 0) is 23.4 Å². The quantitative estimate of drug-likeness (QED) is 0.165. The number of imidazole rings is 1. The zero-order chi connectivity index (χ0) is 30.8. The fraction of sp³-hybridized carbons (Fsp3) is 0.462. The minimum Gasteiger partial charge on any atom is -0.462 e. The van der Waals surface area contributed by atoms with Crippen molar-refractivity contribution >= 4 is 36.6 Å². The van der Waals surface area contributed by atoms with Gasteiger partial charge in [0.1, 0.15) is 24.0 Å². The maximum atomic E-state index is 16.2. The molecular formula is C26H33FN7O7P. The molecule has 0 amide bonds. The maximum absolute atomic E-state index is 16.2. The second kappa shape index (κ2) is 12.2. The summed E-state index contributed by atoms with van der Waals surface area (Å²) in [7, 11) is -0.905. The van der Waals surface area contributed by atoms with Crippen molar-refractivity contribution in [3.05, 3.63) is 36.7 Å². The molecule has 0 spiro atoms. The number of terminal acetylenes is 1. The zero-order valence-electron chi connectivity index (χ0n) is 23.7. The van der Waals surface area contributed by atoms with Crippen molar-refractivity contribution in [3.8, 4) is 18.1 Å². The lowest BCUT2D eigenvalue weighted by atomic mass is 9.97. The topological polar surface area (TPSA) is 176 Å². The van der Waals surface area contributed by atoms with Gasteiger partial charge in [0.15, 0.2) is 23.2 Å². The molecule has 3 heterocycles. The number of rotatable bonds is 11. The van der Waals surface area contributed by atoms with Crippen LogP contribution in [0.15, 0.2) is 36.7 Å². The largest absolute Gasteiger partial charge is 0.462 e. The summed E-state index contributed by atoms with van der Waals surface area (Å²) in [5.41, 5.74) is 3.49. The van der Waals surface area contributed by atoms with Crippen LogP contribution < -0.4 is 20.2 Å². The number of alkyl halides is 1. The Morgan fingerprint density at radius 3 is 2.64 bits per heavy atom. The Balaban J connectivity index is 1.61. The molecular weight excluding hydrogens is 572 g/mol. The van der Waals surface area contributed by atoms with E-state index in [-0.39, 0.29) is 17.3 Å². The summed E-state index contributed by atoms with van der Waals surface area (Å²) >= 11 is 0. The van der Waals surface area contributed by atoms with E-state index in [1.165, 1.54) is 30.0 Å². The number of carbonyl (C=O) groups excluding carboxylic acids is 1. The first-order valence-corrected chi connectivity index (χ1v) is 14.5. The van der Waals surface area contributed by atoms with Crippen LogP contribution in [0.25, 0.3) is 11.2 Å². The van der Waals surface area contributed by atoms with Gasteiger partial charge in [-0.25, -0.2) is 13.9 Å². The van der Waals surface area contributed by atoms with Gasteiger partial charge in [-0.05, 0) is 32.9 Å². The first-order valence-electron chi connectivity index (χ1n) is 12.9. The van der Waals surface area contributed by atoms with Gasteiger partial charge in [-0.1, -0.05) is 24.1 Å². The van der Waals surface area contributed by atoms with Gasteiger partial charge in [-0.3, -0.25) is 13.9 Å². The molecule has 42 heavy (non-hydrogen) atoms. The number of esters is 1. The highest BCUT2D eigenvalue weighted by molar-refractivity contribution is 7.52. The van der Waals surface area contributed by atoms with Crippen LogP contribution in [0.4, 0.5) is 16.2 Å². The van der Waals surface area contributed by atoms with E-state index in [9.17, 15) is 14.5 Å². The van der Waals surface area contributed by atoms with Gasteiger partial charge in [-0.2, -0.15) is 15.1 Å². The summed E-state index contributed by atoms with van der Waals surface area (Å²) < 4.78 is 53.4. The number of nitrogens with two attached hydrogens (primary N) is 1. The van der Waals surface area contributed by atoms with E-state index in [0.29, 0.717) is 11.3 Å².